The predicted molar refractivity (Wildman–Crippen MR) is 90.2 cm³/mol. The van der Waals surface area contributed by atoms with Crippen molar-refractivity contribution >= 4 is 28.8 Å². The molecule has 0 atom stereocenters. The van der Waals surface area contributed by atoms with E-state index in [0.29, 0.717) is 11.6 Å². The monoisotopic (exact) mass is 324 g/mol. The van der Waals surface area contributed by atoms with E-state index in [-0.39, 0.29) is 0 Å². The zero-order valence-corrected chi connectivity index (χ0v) is 14.3. The molecule has 0 spiro atoms. The summed E-state index contributed by atoms with van der Waals surface area (Å²) in [7, 11) is 2.04. The van der Waals surface area contributed by atoms with Crippen LogP contribution in [0.1, 0.15) is 29.6 Å². The highest BCUT2D eigenvalue weighted by atomic mass is 35.5. The molecule has 0 saturated carbocycles. The zero-order valence-electron chi connectivity index (χ0n) is 12.7. The molecule has 0 saturated heterocycles. The van der Waals surface area contributed by atoms with E-state index in [0.717, 1.165) is 36.7 Å². The van der Waals surface area contributed by atoms with Crippen molar-refractivity contribution in [3.8, 4) is 0 Å². The van der Waals surface area contributed by atoms with E-state index in [4.69, 9.17) is 11.6 Å². The van der Waals surface area contributed by atoms with Crippen LogP contribution in [0.4, 0.5) is 5.82 Å². The molecular weight excluding hydrogens is 304 g/mol. The summed E-state index contributed by atoms with van der Waals surface area (Å²) >= 11 is 7.90. The quantitative estimate of drug-likeness (QED) is 0.789. The first kappa shape index (κ1) is 16.2. The smallest absolute Gasteiger partial charge is 0.129 e. The molecule has 0 radical (unpaired) electrons. The Morgan fingerprint density at radius 2 is 2.19 bits per heavy atom. The lowest BCUT2D eigenvalue weighted by Gasteiger charge is -2.19. The molecule has 2 rings (SSSR count). The second-order valence-corrected chi connectivity index (χ2v) is 6.34. The van der Waals surface area contributed by atoms with Crippen LogP contribution in [0, 0.1) is 6.92 Å². The minimum atomic E-state index is 0.702. The van der Waals surface area contributed by atoms with Gasteiger partial charge in [-0.05, 0) is 32.0 Å². The molecule has 6 heteroatoms. The van der Waals surface area contributed by atoms with Crippen LogP contribution in [0.2, 0.25) is 5.02 Å². The topological polar surface area (TPSA) is 41.1 Å². The van der Waals surface area contributed by atoms with Crippen LogP contribution in [0.25, 0.3) is 0 Å². The van der Waals surface area contributed by atoms with Crippen molar-refractivity contribution < 1.29 is 0 Å². The Bertz CT molecular complexity index is 585. The molecule has 0 aromatic carbocycles. The third-order valence-corrected chi connectivity index (χ3v) is 4.50. The maximum Gasteiger partial charge on any atom is 0.129 e. The molecule has 0 unspecified atom stereocenters. The molecule has 0 aliphatic carbocycles. The van der Waals surface area contributed by atoms with Crippen molar-refractivity contribution in [2.75, 3.05) is 18.5 Å². The van der Waals surface area contributed by atoms with E-state index in [1.807, 2.05) is 31.6 Å². The molecule has 21 heavy (non-hydrogen) atoms. The molecule has 2 heterocycles. The summed E-state index contributed by atoms with van der Waals surface area (Å²) in [4.78, 5) is 12.3. The van der Waals surface area contributed by atoms with Gasteiger partial charge in [0.05, 0.1) is 28.5 Å². The summed E-state index contributed by atoms with van der Waals surface area (Å²) in [6, 6.07) is 3.88. The molecule has 0 aliphatic rings. The summed E-state index contributed by atoms with van der Waals surface area (Å²) < 4.78 is 0. The lowest BCUT2D eigenvalue weighted by Crippen LogP contribution is -2.20. The number of thiazole rings is 1. The van der Waals surface area contributed by atoms with Crippen molar-refractivity contribution in [3.63, 3.8) is 0 Å². The van der Waals surface area contributed by atoms with Crippen LogP contribution < -0.4 is 10.2 Å². The number of nitrogens with one attached hydrogen (secondary N) is 1. The van der Waals surface area contributed by atoms with Gasteiger partial charge in [-0.3, -0.25) is 0 Å². The molecule has 4 nitrogen and oxygen atoms in total. The van der Waals surface area contributed by atoms with Crippen molar-refractivity contribution in [1.82, 2.24) is 15.3 Å². The fourth-order valence-corrected chi connectivity index (χ4v) is 2.97. The van der Waals surface area contributed by atoms with Crippen LogP contribution in [0.5, 0.6) is 0 Å². The van der Waals surface area contributed by atoms with E-state index in [1.54, 1.807) is 11.3 Å². The lowest BCUT2D eigenvalue weighted by atomic mass is 10.3. The molecular formula is C15H21ClN4S. The molecule has 114 valence electrons. The van der Waals surface area contributed by atoms with Gasteiger partial charge in [0.25, 0.3) is 0 Å². The van der Waals surface area contributed by atoms with Crippen LogP contribution in [-0.2, 0) is 13.1 Å². The highest BCUT2D eigenvalue weighted by Crippen LogP contribution is 2.21. The van der Waals surface area contributed by atoms with E-state index >= 15 is 0 Å². The van der Waals surface area contributed by atoms with E-state index < -0.39 is 0 Å². The first-order valence-corrected chi connectivity index (χ1v) is 8.33. The Morgan fingerprint density at radius 3 is 2.86 bits per heavy atom. The number of pyridine rings is 1. The normalized spacial score (nSPS) is 10.9. The SMILES string of the molecule is CCCNCc1nc(N(C)Cc2scnc2C)ccc1Cl. The Balaban J connectivity index is 2.08. The Hall–Kier alpha value is -1.17. The third kappa shape index (κ3) is 4.40. The Kier molecular flexibility index (Phi) is 5.96. The third-order valence-electron chi connectivity index (χ3n) is 3.24. The van der Waals surface area contributed by atoms with Gasteiger partial charge in [-0.15, -0.1) is 11.3 Å². The van der Waals surface area contributed by atoms with Crippen molar-refractivity contribution in [3.05, 3.63) is 38.9 Å². The van der Waals surface area contributed by atoms with Gasteiger partial charge in [-0.2, -0.15) is 0 Å². The number of aromatic nitrogens is 2. The number of hydrogen-bond acceptors (Lipinski definition) is 5. The summed E-state index contributed by atoms with van der Waals surface area (Å²) in [5.74, 6) is 0.931. The van der Waals surface area contributed by atoms with Gasteiger partial charge in [0.15, 0.2) is 0 Å². The first-order chi connectivity index (χ1) is 10.1. The van der Waals surface area contributed by atoms with Gasteiger partial charge in [0.2, 0.25) is 0 Å². The fourth-order valence-electron chi connectivity index (χ4n) is 1.97. The number of aryl methyl sites for hydroxylation is 1. The predicted octanol–water partition coefficient (Wildman–Crippen LogP) is 3.64. The van der Waals surface area contributed by atoms with E-state index in [1.165, 1.54) is 4.88 Å². The average molecular weight is 325 g/mol. The second-order valence-electron chi connectivity index (χ2n) is 4.99. The van der Waals surface area contributed by atoms with Gasteiger partial charge in [0.1, 0.15) is 5.82 Å². The summed E-state index contributed by atoms with van der Waals surface area (Å²) in [6.07, 6.45) is 1.10. The first-order valence-electron chi connectivity index (χ1n) is 7.08. The number of hydrogen-bond donors (Lipinski definition) is 1. The van der Waals surface area contributed by atoms with Gasteiger partial charge in [0, 0.05) is 18.5 Å². The van der Waals surface area contributed by atoms with Crippen molar-refractivity contribution in [1.29, 1.82) is 0 Å². The van der Waals surface area contributed by atoms with Gasteiger partial charge in [-0.1, -0.05) is 18.5 Å². The molecule has 0 aliphatic heterocycles. The van der Waals surface area contributed by atoms with Crippen LogP contribution in [-0.4, -0.2) is 23.6 Å². The van der Waals surface area contributed by atoms with Gasteiger partial charge in [-0.25, -0.2) is 9.97 Å². The number of rotatable bonds is 7. The fraction of sp³-hybridized carbons (Fsp3) is 0.467. The number of nitrogens with zero attached hydrogens (tertiary/aromatic N) is 3. The largest absolute Gasteiger partial charge is 0.354 e. The summed E-state index contributed by atoms with van der Waals surface area (Å²) in [6.45, 7) is 6.66. The second kappa shape index (κ2) is 7.73. The molecule has 0 amide bonds. The highest BCUT2D eigenvalue weighted by Gasteiger charge is 2.10. The number of halogens is 1. The van der Waals surface area contributed by atoms with Crippen molar-refractivity contribution in [2.24, 2.45) is 0 Å². The summed E-state index contributed by atoms with van der Waals surface area (Å²) in [5.41, 5.74) is 3.87. The van der Waals surface area contributed by atoms with Crippen molar-refractivity contribution in [2.45, 2.75) is 33.4 Å². The van der Waals surface area contributed by atoms with E-state index in [2.05, 4.69) is 27.1 Å². The molecule has 0 fully saturated rings. The number of anilines is 1. The molecule has 0 bridgehead atoms. The van der Waals surface area contributed by atoms with Crippen LogP contribution >= 0.6 is 22.9 Å². The minimum Gasteiger partial charge on any atom is -0.354 e. The molecule has 2 aromatic heterocycles. The standard InChI is InChI=1S/C15H21ClN4S/c1-4-7-17-8-13-12(16)5-6-15(19-13)20(3)9-14-11(2)18-10-21-14/h5-6,10,17H,4,7-9H2,1-3H3. The van der Waals surface area contributed by atoms with Crippen LogP contribution in [0.3, 0.4) is 0 Å². The maximum atomic E-state index is 6.22. The van der Waals surface area contributed by atoms with E-state index in [9.17, 15) is 0 Å². The Morgan fingerprint density at radius 1 is 1.38 bits per heavy atom. The van der Waals surface area contributed by atoms with Gasteiger partial charge < -0.3 is 10.2 Å². The average Bonchev–Trinajstić information content (AvgIpc) is 2.86. The zero-order chi connectivity index (χ0) is 15.2. The summed E-state index contributed by atoms with van der Waals surface area (Å²) in [5, 5.41) is 4.05. The maximum absolute atomic E-state index is 6.22. The lowest BCUT2D eigenvalue weighted by molar-refractivity contribution is 0.663. The van der Waals surface area contributed by atoms with Crippen LogP contribution in [0.15, 0.2) is 17.6 Å². The minimum absolute atomic E-state index is 0.702. The molecule has 1 N–H and O–H groups in total. The highest BCUT2D eigenvalue weighted by molar-refractivity contribution is 7.09. The van der Waals surface area contributed by atoms with Gasteiger partial charge >= 0.3 is 0 Å². The Labute approximate surface area is 135 Å². The molecule has 2 aromatic rings.